The van der Waals surface area contributed by atoms with E-state index < -0.39 is 16.9 Å². The smallest absolute Gasteiger partial charge is 0.271 e. The molecular formula is C24H18N4O6S. The number of benzene rings is 3. The van der Waals surface area contributed by atoms with Gasteiger partial charge in [0, 0.05) is 17.7 Å². The number of aliphatic hydroxyl groups is 2. The molecule has 0 fully saturated rings. The maximum atomic E-state index is 13.2. The molecule has 0 spiro atoms. The van der Waals surface area contributed by atoms with Crippen LogP contribution in [0.15, 0.2) is 60.7 Å². The normalized spacial score (nSPS) is 11.6. The minimum Gasteiger partial charge on any atom is -0.476 e. The van der Waals surface area contributed by atoms with Gasteiger partial charge in [-0.25, -0.2) is 4.98 Å². The van der Waals surface area contributed by atoms with Gasteiger partial charge in [-0.2, -0.15) is 5.26 Å². The molecule has 0 saturated heterocycles. The van der Waals surface area contributed by atoms with Crippen LogP contribution in [-0.4, -0.2) is 26.0 Å². The molecule has 0 bridgehead atoms. The zero-order chi connectivity index (χ0) is 24.9. The summed E-state index contributed by atoms with van der Waals surface area (Å²) in [5.41, 5.74) is 2.32. The number of anilines is 1. The van der Waals surface area contributed by atoms with E-state index in [0.717, 1.165) is 0 Å². The van der Waals surface area contributed by atoms with Crippen molar-refractivity contribution in [3.63, 3.8) is 0 Å². The van der Waals surface area contributed by atoms with Crippen molar-refractivity contribution in [1.29, 1.82) is 5.26 Å². The molecule has 35 heavy (non-hydrogen) atoms. The first-order valence-electron chi connectivity index (χ1n) is 10.3. The van der Waals surface area contributed by atoms with Crippen LogP contribution in [0, 0.1) is 21.4 Å². The molecule has 0 saturated carbocycles. The molecule has 4 aromatic rings. The molecule has 0 aliphatic carbocycles. The monoisotopic (exact) mass is 490 g/mol. The Hall–Kier alpha value is -4.37. The molecule has 0 aliphatic rings. The SMILES string of the molecule is N#Cc1ccc(OC(C(=O)Nc2nc3cc(CO)c(CO)cc3s2)c2ccc([N+](=O)[O-])cc2)cc1. The number of hydrogen-bond acceptors (Lipinski definition) is 9. The van der Waals surface area contributed by atoms with E-state index in [1.165, 1.54) is 35.6 Å². The number of carbonyl (C=O) groups excluding carboxylic acids is 1. The van der Waals surface area contributed by atoms with Crippen LogP contribution in [0.2, 0.25) is 0 Å². The van der Waals surface area contributed by atoms with Crippen molar-refractivity contribution in [1.82, 2.24) is 4.98 Å². The number of carbonyl (C=O) groups is 1. The van der Waals surface area contributed by atoms with Crippen molar-refractivity contribution in [2.75, 3.05) is 5.32 Å². The van der Waals surface area contributed by atoms with E-state index in [9.17, 15) is 25.1 Å². The summed E-state index contributed by atoms with van der Waals surface area (Å²) in [7, 11) is 0. The van der Waals surface area contributed by atoms with Crippen LogP contribution >= 0.6 is 11.3 Å². The molecule has 0 radical (unpaired) electrons. The van der Waals surface area contributed by atoms with Crippen LogP contribution in [0.4, 0.5) is 10.8 Å². The van der Waals surface area contributed by atoms with Crippen LogP contribution < -0.4 is 10.1 Å². The first-order valence-corrected chi connectivity index (χ1v) is 11.1. The number of aliphatic hydroxyl groups excluding tert-OH is 2. The van der Waals surface area contributed by atoms with Gasteiger partial charge >= 0.3 is 0 Å². The highest BCUT2D eigenvalue weighted by Crippen LogP contribution is 2.31. The maximum Gasteiger partial charge on any atom is 0.271 e. The predicted octanol–water partition coefficient (Wildman–Crippen LogP) is 3.82. The van der Waals surface area contributed by atoms with Gasteiger partial charge in [0.25, 0.3) is 11.6 Å². The summed E-state index contributed by atoms with van der Waals surface area (Å²) in [6, 6.07) is 17.0. The molecular weight excluding hydrogens is 472 g/mol. The highest BCUT2D eigenvalue weighted by molar-refractivity contribution is 7.22. The van der Waals surface area contributed by atoms with Gasteiger partial charge in [-0.3, -0.25) is 20.2 Å². The summed E-state index contributed by atoms with van der Waals surface area (Å²) >= 11 is 1.19. The third-order valence-electron chi connectivity index (χ3n) is 5.16. The standard InChI is InChI=1S/C24H18N4O6S/c25-11-14-1-7-19(8-2-14)34-22(15-3-5-18(6-4-15)28(32)33)23(31)27-24-26-20-9-16(12-29)17(13-30)10-21(20)35-24/h1-10,22,29-30H,12-13H2,(H,26,27,31). The van der Waals surface area contributed by atoms with Crippen molar-refractivity contribution < 1.29 is 24.7 Å². The van der Waals surface area contributed by atoms with Crippen LogP contribution in [0.25, 0.3) is 10.2 Å². The summed E-state index contributed by atoms with van der Waals surface area (Å²) in [5.74, 6) is -0.237. The van der Waals surface area contributed by atoms with Gasteiger partial charge in [0.15, 0.2) is 5.13 Å². The molecule has 10 nitrogen and oxygen atoms in total. The van der Waals surface area contributed by atoms with E-state index in [1.54, 1.807) is 36.4 Å². The van der Waals surface area contributed by atoms with E-state index in [-0.39, 0.29) is 24.0 Å². The van der Waals surface area contributed by atoms with Gasteiger partial charge in [-0.1, -0.05) is 11.3 Å². The lowest BCUT2D eigenvalue weighted by atomic mass is 10.1. The van der Waals surface area contributed by atoms with Crippen molar-refractivity contribution in [3.8, 4) is 11.8 Å². The Labute approximate surface area is 202 Å². The number of ether oxygens (including phenoxy) is 1. The Morgan fingerprint density at radius 3 is 2.37 bits per heavy atom. The molecule has 1 amide bonds. The molecule has 0 aliphatic heterocycles. The first kappa shape index (κ1) is 23.8. The Bertz CT molecular complexity index is 1390. The van der Waals surface area contributed by atoms with Crippen LogP contribution in [0.1, 0.15) is 28.4 Å². The number of nitro benzene ring substituents is 1. The van der Waals surface area contributed by atoms with Crippen LogP contribution in [0.5, 0.6) is 5.75 Å². The Balaban J connectivity index is 1.64. The minimum atomic E-state index is -1.17. The highest BCUT2D eigenvalue weighted by Gasteiger charge is 2.25. The van der Waals surface area contributed by atoms with Crippen LogP contribution in [0.3, 0.4) is 0 Å². The summed E-state index contributed by atoms with van der Waals surface area (Å²) in [6.45, 7) is -0.502. The highest BCUT2D eigenvalue weighted by atomic mass is 32.1. The van der Waals surface area contributed by atoms with Gasteiger partial charge < -0.3 is 14.9 Å². The third kappa shape index (κ3) is 5.25. The number of thiazole rings is 1. The second-order valence-electron chi connectivity index (χ2n) is 7.40. The largest absolute Gasteiger partial charge is 0.476 e. The lowest BCUT2D eigenvalue weighted by molar-refractivity contribution is -0.384. The van der Waals surface area contributed by atoms with Gasteiger partial charge in [0.1, 0.15) is 5.75 Å². The lowest BCUT2D eigenvalue weighted by Gasteiger charge is -2.18. The maximum absolute atomic E-state index is 13.2. The number of non-ortho nitro benzene ring substituents is 1. The molecule has 3 aromatic carbocycles. The molecule has 11 heteroatoms. The van der Waals surface area contributed by atoms with E-state index in [0.29, 0.717) is 38.2 Å². The second kappa shape index (κ2) is 10.3. The van der Waals surface area contributed by atoms with Gasteiger partial charge in [0.2, 0.25) is 6.10 Å². The molecule has 176 valence electrons. The third-order valence-corrected chi connectivity index (χ3v) is 6.10. The average molecular weight is 490 g/mol. The van der Waals surface area contributed by atoms with Crippen molar-refractivity contribution in [2.24, 2.45) is 0 Å². The topological polar surface area (TPSA) is 159 Å². The molecule has 1 heterocycles. The zero-order valence-corrected chi connectivity index (χ0v) is 18.9. The minimum absolute atomic E-state index is 0.128. The van der Waals surface area contributed by atoms with Crippen molar-refractivity contribution in [2.45, 2.75) is 19.3 Å². The number of hydrogen-bond donors (Lipinski definition) is 3. The number of amides is 1. The number of nitro groups is 1. The zero-order valence-electron chi connectivity index (χ0n) is 18.0. The Morgan fingerprint density at radius 1 is 1.11 bits per heavy atom. The Morgan fingerprint density at radius 2 is 1.77 bits per heavy atom. The summed E-state index contributed by atoms with van der Waals surface area (Å²) < 4.78 is 6.61. The number of fused-ring (bicyclic) bond motifs is 1. The molecule has 3 N–H and O–H groups in total. The van der Waals surface area contributed by atoms with Crippen LogP contribution in [-0.2, 0) is 18.0 Å². The molecule has 4 rings (SSSR count). The lowest BCUT2D eigenvalue weighted by Crippen LogP contribution is -2.25. The number of nitrogens with zero attached hydrogens (tertiary/aromatic N) is 3. The van der Waals surface area contributed by atoms with Gasteiger partial charge in [-0.15, -0.1) is 0 Å². The quantitative estimate of drug-likeness (QED) is 0.248. The summed E-state index contributed by atoms with van der Waals surface area (Å²) in [4.78, 5) is 28.1. The first-order chi connectivity index (χ1) is 16.9. The van der Waals surface area contributed by atoms with Crippen molar-refractivity contribution in [3.05, 3.63) is 93.0 Å². The number of rotatable bonds is 8. The van der Waals surface area contributed by atoms with Gasteiger partial charge in [0.05, 0.1) is 40.0 Å². The Kier molecular flexibility index (Phi) is 6.98. The number of aromatic nitrogens is 1. The van der Waals surface area contributed by atoms with E-state index >= 15 is 0 Å². The summed E-state index contributed by atoms with van der Waals surface area (Å²) in [5, 5.41) is 42.0. The van der Waals surface area contributed by atoms with Crippen molar-refractivity contribution >= 4 is 38.3 Å². The fourth-order valence-electron chi connectivity index (χ4n) is 3.37. The second-order valence-corrected chi connectivity index (χ2v) is 8.43. The molecule has 1 atom stereocenters. The number of nitrogens with one attached hydrogen (secondary N) is 1. The van der Waals surface area contributed by atoms with E-state index in [4.69, 9.17) is 10.00 Å². The molecule has 1 aromatic heterocycles. The predicted molar refractivity (Wildman–Crippen MR) is 128 cm³/mol. The average Bonchev–Trinajstić information content (AvgIpc) is 3.27. The molecule has 1 unspecified atom stereocenters. The summed E-state index contributed by atoms with van der Waals surface area (Å²) in [6.07, 6.45) is -1.17. The fraction of sp³-hybridized carbons (Fsp3) is 0.125. The fourth-order valence-corrected chi connectivity index (χ4v) is 4.28. The van der Waals surface area contributed by atoms with E-state index in [2.05, 4.69) is 10.3 Å². The van der Waals surface area contributed by atoms with E-state index in [1.807, 2.05) is 6.07 Å². The number of nitriles is 1. The van der Waals surface area contributed by atoms with Gasteiger partial charge in [-0.05, 0) is 59.7 Å².